The van der Waals surface area contributed by atoms with E-state index in [0.717, 1.165) is 15.6 Å². The molecule has 1 saturated heterocycles. The van der Waals surface area contributed by atoms with Crippen LogP contribution in [0.4, 0.5) is 0 Å². The van der Waals surface area contributed by atoms with Gasteiger partial charge in [-0.05, 0) is 37.0 Å². The Kier molecular flexibility index (Phi) is 4.81. The number of hydrogen-bond acceptors (Lipinski definition) is 2. The number of carboxylic acids is 1. The summed E-state index contributed by atoms with van der Waals surface area (Å²) in [6.45, 7) is 3.08. The van der Waals surface area contributed by atoms with Crippen LogP contribution in [0.5, 0.6) is 0 Å². The van der Waals surface area contributed by atoms with E-state index in [2.05, 4.69) is 15.9 Å². The largest absolute Gasteiger partial charge is 0.481 e. The van der Waals surface area contributed by atoms with E-state index in [0.29, 0.717) is 32.4 Å². The molecule has 5 heteroatoms. The molecule has 0 aromatic heterocycles. The molecule has 1 aromatic carbocycles. The molecule has 0 radical (unpaired) electrons. The average Bonchev–Trinajstić information content (AvgIpc) is 2.44. The number of amides is 1. The van der Waals surface area contributed by atoms with Gasteiger partial charge in [-0.25, -0.2) is 0 Å². The number of likely N-dealkylation sites (tertiary alicyclic amines) is 1. The van der Waals surface area contributed by atoms with Crippen molar-refractivity contribution in [3.05, 3.63) is 33.8 Å². The molecule has 1 fully saturated rings. The fourth-order valence-electron chi connectivity index (χ4n) is 2.49. The van der Waals surface area contributed by atoms with E-state index in [9.17, 15) is 9.59 Å². The first kappa shape index (κ1) is 15.0. The predicted octanol–water partition coefficient (Wildman–Crippen LogP) is 2.62. The van der Waals surface area contributed by atoms with Crippen LogP contribution in [0, 0.1) is 12.8 Å². The normalized spacial score (nSPS) is 16.2. The molecule has 1 aromatic rings. The third-order valence-corrected chi connectivity index (χ3v) is 4.78. The van der Waals surface area contributed by atoms with Gasteiger partial charge >= 0.3 is 5.97 Å². The molecule has 4 nitrogen and oxygen atoms in total. The Morgan fingerprint density at radius 3 is 2.60 bits per heavy atom. The molecule has 1 aliphatic rings. The van der Waals surface area contributed by atoms with Gasteiger partial charge in [0.05, 0.1) is 12.3 Å². The molecular formula is C15H18BrNO3. The van der Waals surface area contributed by atoms with Crippen LogP contribution in [0.15, 0.2) is 22.7 Å². The molecular weight excluding hydrogens is 322 g/mol. The zero-order chi connectivity index (χ0) is 14.7. The maximum absolute atomic E-state index is 12.3. The first-order chi connectivity index (χ1) is 9.49. The fourth-order valence-corrected chi connectivity index (χ4v) is 2.90. The summed E-state index contributed by atoms with van der Waals surface area (Å²) >= 11 is 3.47. The molecule has 1 amide bonds. The quantitative estimate of drug-likeness (QED) is 0.920. The zero-order valence-electron chi connectivity index (χ0n) is 11.4. The highest BCUT2D eigenvalue weighted by molar-refractivity contribution is 9.10. The average molecular weight is 340 g/mol. The van der Waals surface area contributed by atoms with Gasteiger partial charge < -0.3 is 10.0 Å². The van der Waals surface area contributed by atoms with E-state index in [1.807, 2.05) is 25.1 Å². The van der Waals surface area contributed by atoms with E-state index < -0.39 is 5.97 Å². The maximum atomic E-state index is 12.3. The first-order valence-corrected chi connectivity index (χ1v) is 7.53. The summed E-state index contributed by atoms with van der Waals surface area (Å²) in [6.07, 6.45) is 1.49. The van der Waals surface area contributed by atoms with E-state index in [1.54, 1.807) is 4.90 Å². The lowest BCUT2D eigenvalue weighted by Crippen LogP contribution is -2.41. The molecule has 0 spiro atoms. The smallest absolute Gasteiger partial charge is 0.306 e. The third-order valence-electron chi connectivity index (χ3n) is 3.92. The summed E-state index contributed by atoms with van der Waals surface area (Å²) in [6, 6.07) is 5.85. The van der Waals surface area contributed by atoms with Crippen LogP contribution < -0.4 is 0 Å². The second kappa shape index (κ2) is 6.39. The van der Waals surface area contributed by atoms with Crippen molar-refractivity contribution in [1.29, 1.82) is 0 Å². The van der Waals surface area contributed by atoms with Gasteiger partial charge in [-0.15, -0.1) is 0 Å². The number of rotatable bonds is 3. The lowest BCUT2D eigenvalue weighted by molar-refractivity contribution is -0.145. The Labute approximate surface area is 126 Å². The number of benzene rings is 1. The van der Waals surface area contributed by atoms with Crippen LogP contribution in [-0.2, 0) is 16.0 Å². The maximum Gasteiger partial charge on any atom is 0.306 e. The number of carbonyl (C=O) groups excluding carboxylic acids is 1. The summed E-state index contributed by atoms with van der Waals surface area (Å²) in [5, 5.41) is 8.96. The number of aliphatic carboxylic acids is 1. The summed E-state index contributed by atoms with van der Waals surface area (Å²) in [7, 11) is 0. The summed E-state index contributed by atoms with van der Waals surface area (Å²) in [5.74, 6) is -0.971. The van der Waals surface area contributed by atoms with Crippen LogP contribution in [0.25, 0.3) is 0 Å². The Morgan fingerprint density at radius 2 is 2.00 bits per heavy atom. The van der Waals surface area contributed by atoms with Gasteiger partial charge in [-0.1, -0.05) is 28.1 Å². The molecule has 0 atom stereocenters. The van der Waals surface area contributed by atoms with Crippen molar-refractivity contribution in [2.24, 2.45) is 5.92 Å². The second-order valence-corrected chi connectivity index (χ2v) is 6.05. The number of hydrogen-bond donors (Lipinski definition) is 1. The van der Waals surface area contributed by atoms with Crippen LogP contribution in [-0.4, -0.2) is 35.0 Å². The van der Waals surface area contributed by atoms with Crippen molar-refractivity contribution in [3.63, 3.8) is 0 Å². The summed E-state index contributed by atoms with van der Waals surface area (Å²) in [5.41, 5.74) is 2.10. The fraction of sp³-hybridized carbons (Fsp3) is 0.467. The molecule has 0 unspecified atom stereocenters. The van der Waals surface area contributed by atoms with Gasteiger partial charge in [0.2, 0.25) is 5.91 Å². The topological polar surface area (TPSA) is 57.6 Å². The minimum absolute atomic E-state index is 0.0787. The Hall–Kier alpha value is -1.36. The second-order valence-electron chi connectivity index (χ2n) is 5.19. The van der Waals surface area contributed by atoms with Gasteiger partial charge in [0, 0.05) is 17.6 Å². The third kappa shape index (κ3) is 3.39. The number of halogens is 1. The highest BCUT2D eigenvalue weighted by atomic mass is 79.9. The van der Waals surface area contributed by atoms with Crippen LogP contribution in [0.1, 0.15) is 24.0 Å². The predicted molar refractivity (Wildman–Crippen MR) is 79.5 cm³/mol. The minimum Gasteiger partial charge on any atom is -0.481 e. The van der Waals surface area contributed by atoms with Crippen molar-refractivity contribution in [3.8, 4) is 0 Å². The van der Waals surface area contributed by atoms with E-state index in [-0.39, 0.29) is 11.8 Å². The Balaban J connectivity index is 1.96. The highest BCUT2D eigenvalue weighted by Gasteiger charge is 2.27. The first-order valence-electron chi connectivity index (χ1n) is 6.73. The molecule has 0 aliphatic carbocycles. The van der Waals surface area contributed by atoms with Crippen molar-refractivity contribution in [1.82, 2.24) is 4.90 Å². The Bertz CT molecular complexity index is 522. The van der Waals surface area contributed by atoms with Crippen LogP contribution in [0.2, 0.25) is 0 Å². The zero-order valence-corrected chi connectivity index (χ0v) is 13.0. The van der Waals surface area contributed by atoms with Gasteiger partial charge in [0.15, 0.2) is 0 Å². The monoisotopic (exact) mass is 339 g/mol. The van der Waals surface area contributed by atoms with E-state index in [1.165, 1.54) is 0 Å². The molecule has 1 N–H and O–H groups in total. The van der Waals surface area contributed by atoms with Crippen molar-refractivity contribution >= 4 is 27.8 Å². The summed E-state index contributed by atoms with van der Waals surface area (Å²) in [4.78, 5) is 24.9. The number of piperidine rings is 1. The standard InChI is InChI=1S/C15H18BrNO3/c1-10-12(3-2-4-13(10)16)9-14(18)17-7-5-11(6-8-17)15(19)20/h2-4,11H,5-9H2,1H3,(H,19,20). The Morgan fingerprint density at radius 1 is 1.35 bits per heavy atom. The van der Waals surface area contributed by atoms with E-state index in [4.69, 9.17) is 5.11 Å². The molecule has 2 rings (SSSR count). The minimum atomic E-state index is -0.750. The lowest BCUT2D eigenvalue weighted by Gasteiger charge is -2.30. The highest BCUT2D eigenvalue weighted by Crippen LogP contribution is 2.22. The lowest BCUT2D eigenvalue weighted by atomic mass is 9.96. The van der Waals surface area contributed by atoms with Gasteiger partial charge in [-0.2, -0.15) is 0 Å². The molecule has 20 heavy (non-hydrogen) atoms. The number of nitrogens with zero attached hydrogens (tertiary/aromatic N) is 1. The molecule has 0 bridgehead atoms. The molecule has 1 aliphatic heterocycles. The van der Waals surface area contributed by atoms with Crippen molar-refractivity contribution < 1.29 is 14.7 Å². The molecule has 0 saturated carbocycles. The summed E-state index contributed by atoms with van der Waals surface area (Å²) < 4.78 is 1.01. The van der Waals surface area contributed by atoms with Crippen molar-refractivity contribution in [2.45, 2.75) is 26.2 Å². The van der Waals surface area contributed by atoms with E-state index >= 15 is 0 Å². The van der Waals surface area contributed by atoms with Crippen LogP contribution in [0.3, 0.4) is 0 Å². The van der Waals surface area contributed by atoms with Gasteiger partial charge in [0.25, 0.3) is 0 Å². The van der Waals surface area contributed by atoms with Crippen LogP contribution >= 0.6 is 15.9 Å². The molecule has 1 heterocycles. The number of carboxylic acid groups (broad SMARTS) is 1. The SMILES string of the molecule is Cc1c(Br)cccc1CC(=O)N1CCC(C(=O)O)CC1. The van der Waals surface area contributed by atoms with Gasteiger partial charge in [-0.3, -0.25) is 9.59 Å². The number of carbonyl (C=O) groups is 2. The molecule has 108 valence electrons. The van der Waals surface area contributed by atoms with Crippen molar-refractivity contribution in [2.75, 3.05) is 13.1 Å². The van der Waals surface area contributed by atoms with Gasteiger partial charge in [0.1, 0.15) is 0 Å².